The molecule has 0 aromatic rings. The first-order valence-corrected chi connectivity index (χ1v) is 4.39. The van der Waals surface area contributed by atoms with E-state index in [0.29, 0.717) is 5.11 Å². The van der Waals surface area contributed by atoms with Crippen molar-refractivity contribution in [2.45, 2.75) is 12.2 Å². The van der Waals surface area contributed by atoms with Crippen LogP contribution in [0.4, 0.5) is 0 Å². The van der Waals surface area contributed by atoms with Gasteiger partial charge in [0, 0.05) is 6.21 Å². The summed E-state index contributed by atoms with van der Waals surface area (Å²) in [6, 6.07) is 0. The Hall–Kier alpha value is -1.58. The topological polar surface area (TPSA) is 139 Å². The van der Waals surface area contributed by atoms with Crippen molar-refractivity contribution >= 4 is 35.5 Å². The van der Waals surface area contributed by atoms with Crippen molar-refractivity contribution in [1.82, 2.24) is 5.32 Å². The van der Waals surface area contributed by atoms with E-state index < -0.39 is 24.1 Å². The molecule has 0 saturated carbocycles. The van der Waals surface area contributed by atoms with Gasteiger partial charge in [0.2, 0.25) is 0 Å². The van der Waals surface area contributed by atoms with Crippen LogP contribution in [0.3, 0.4) is 0 Å². The quantitative estimate of drug-likeness (QED) is 0.356. The van der Waals surface area contributed by atoms with Gasteiger partial charge in [0.15, 0.2) is 17.3 Å². The number of nitrogens with zero attached hydrogens (tertiary/aromatic N) is 1. The zero-order valence-corrected chi connectivity index (χ0v) is 8.72. The summed E-state index contributed by atoms with van der Waals surface area (Å²) in [7, 11) is 0. The molecule has 9 heteroatoms. The maximum Gasteiger partial charge on any atom is 0.335 e. The molecule has 90 valence electrons. The van der Waals surface area contributed by atoms with Gasteiger partial charge in [-0.25, -0.2) is 14.6 Å². The molecule has 0 bridgehead atoms. The van der Waals surface area contributed by atoms with Gasteiger partial charge in [-0.2, -0.15) is 0 Å². The summed E-state index contributed by atoms with van der Waals surface area (Å²) in [6.45, 7) is 0.804. The number of carbonyl (C=O) groups is 2. The van der Waals surface area contributed by atoms with Gasteiger partial charge in [0.25, 0.3) is 0 Å². The lowest BCUT2D eigenvalue weighted by atomic mass is 10.2. The van der Waals surface area contributed by atoms with E-state index in [1.54, 1.807) is 6.21 Å². The number of aliphatic hydroxyl groups excluding tert-OH is 2. The number of aliphatic hydroxyl groups is 2. The van der Waals surface area contributed by atoms with Crippen molar-refractivity contribution in [2.24, 2.45) is 4.99 Å². The molecule has 0 aromatic carbocycles. The SMILES string of the molecule is O=C(O)C(O)C(O)C(=O)O.S=C1N=CCN1. The van der Waals surface area contributed by atoms with Crippen LogP contribution < -0.4 is 5.32 Å². The Morgan fingerprint density at radius 2 is 1.75 bits per heavy atom. The van der Waals surface area contributed by atoms with E-state index in [1.165, 1.54) is 0 Å². The minimum absolute atomic E-state index is 0.606. The number of aliphatic imine (C=N–C) groups is 1. The number of rotatable bonds is 3. The average Bonchev–Trinajstić information content (AvgIpc) is 2.67. The first kappa shape index (κ1) is 14.4. The highest BCUT2D eigenvalue weighted by Gasteiger charge is 2.29. The van der Waals surface area contributed by atoms with E-state index in [9.17, 15) is 9.59 Å². The zero-order chi connectivity index (χ0) is 12.7. The van der Waals surface area contributed by atoms with E-state index in [4.69, 9.17) is 20.4 Å². The van der Waals surface area contributed by atoms with Gasteiger partial charge in [0.1, 0.15) is 0 Å². The van der Waals surface area contributed by atoms with Crippen LogP contribution >= 0.6 is 12.2 Å². The van der Waals surface area contributed by atoms with Gasteiger partial charge < -0.3 is 25.7 Å². The molecule has 16 heavy (non-hydrogen) atoms. The molecule has 2 unspecified atom stereocenters. The number of hydrogen-bond donors (Lipinski definition) is 5. The van der Waals surface area contributed by atoms with E-state index in [1.807, 2.05) is 0 Å². The predicted octanol–water partition coefficient (Wildman–Crippen LogP) is -2.18. The lowest BCUT2D eigenvalue weighted by molar-refractivity contribution is -0.165. The molecule has 0 spiro atoms. The lowest BCUT2D eigenvalue weighted by Crippen LogP contribution is -2.39. The van der Waals surface area contributed by atoms with Crippen LogP contribution in [0.2, 0.25) is 0 Å². The second-order valence-electron chi connectivity index (χ2n) is 2.56. The molecule has 1 heterocycles. The van der Waals surface area contributed by atoms with Gasteiger partial charge >= 0.3 is 11.9 Å². The molecule has 1 rings (SSSR count). The second-order valence-corrected chi connectivity index (χ2v) is 2.95. The summed E-state index contributed by atoms with van der Waals surface area (Å²) in [5.74, 6) is -3.54. The van der Waals surface area contributed by atoms with Crippen molar-refractivity contribution in [3.05, 3.63) is 0 Å². The van der Waals surface area contributed by atoms with Crippen LogP contribution in [0.5, 0.6) is 0 Å². The summed E-state index contributed by atoms with van der Waals surface area (Å²) in [4.78, 5) is 23.3. The monoisotopic (exact) mass is 250 g/mol. The number of carboxylic acid groups (broad SMARTS) is 2. The van der Waals surface area contributed by atoms with Crippen LogP contribution in [0.1, 0.15) is 0 Å². The van der Waals surface area contributed by atoms with E-state index >= 15 is 0 Å². The number of aliphatic carboxylic acids is 2. The lowest BCUT2D eigenvalue weighted by Gasteiger charge is -2.07. The molecule has 0 amide bonds. The van der Waals surface area contributed by atoms with Crippen molar-refractivity contribution in [2.75, 3.05) is 6.54 Å². The molecule has 8 nitrogen and oxygen atoms in total. The maximum absolute atomic E-state index is 9.77. The van der Waals surface area contributed by atoms with E-state index in [0.717, 1.165) is 6.54 Å². The van der Waals surface area contributed by atoms with Gasteiger partial charge in [0.05, 0.1) is 6.54 Å². The van der Waals surface area contributed by atoms with Gasteiger partial charge in [-0.1, -0.05) is 0 Å². The smallest absolute Gasteiger partial charge is 0.335 e. The summed E-state index contributed by atoms with van der Waals surface area (Å²) < 4.78 is 0. The summed E-state index contributed by atoms with van der Waals surface area (Å²) >= 11 is 4.61. The molecule has 0 aliphatic carbocycles. The third kappa shape index (κ3) is 5.34. The van der Waals surface area contributed by atoms with Crippen molar-refractivity contribution in [3.8, 4) is 0 Å². The Kier molecular flexibility index (Phi) is 6.15. The Bertz CT molecular complexity index is 300. The van der Waals surface area contributed by atoms with Crippen LogP contribution in [-0.2, 0) is 9.59 Å². The van der Waals surface area contributed by atoms with Crippen LogP contribution in [0.25, 0.3) is 0 Å². The number of thiocarbonyl (C=S) groups is 1. The normalized spacial score (nSPS) is 16.8. The molecule has 2 atom stereocenters. The molecular weight excluding hydrogens is 240 g/mol. The molecule has 1 aliphatic heterocycles. The highest BCUT2D eigenvalue weighted by Crippen LogP contribution is 1.92. The fourth-order valence-electron chi connectivity index (χ4n) is 0.577. The fraction of sp³-hybridized carbons (Fsp3) is 0.429. The summed E-state index contributed by atoms with van der Waals surface area (Å²) in [5, 5.41) is 36.0. The van der Waals surface area contributed by atoms with Crippen LogP contribution in [-0.4, -0.2) is 62.4 Å². The first-order chi connectivity index (χ1) is 7.36. The number of carboxylic acids is 2. The molecular formula is C7H10N2O6S. The highest BCUT2D eigenvalue weighted by atomic mass is 32.1. The van der Waals surface area contributed by atoms with Gasteiger partial charge in [-0.05, 0) is 12.2 Å². The molecule has 0 radical (unpaired) electrons. The fourth-order valence-corrected chi connectivity index (χ4v) is 0.735. The molecule has 0 fully saturated rings. The summed E-state index contributed by atoms with van der Waals surface area (Å²) in [5.41, 5.74) is 0. The van der Waals surface area contributed by atoms with Crippen LogP contribution in [0.15, 0.2) is 4.99 Å². The third-order valence-electron chi connectivity index (χ3n) is 1.36. The standard InChI is InChI=1S/C4H6O6.C3H4N2S/c5-1(3(7)8)2(6)4(9)10;6-3-4-1-2-5-3/h1-2,5-6H,(H,7,8)(H,9,10);1H,2H2,(H,5,6). The Morgan fingerprint density at radius 1 is 1.31 bits per heavy atom. The second kappa shape index (κ2) is 6.82. The maximum atomic E-state index is 9.77. The minimum Gasteiger partial charge on any atom is -0.479 e. The number of hydrogen-bond acceptors (Lipinski definition) is 5. The van der Waals surface area contributed by atoms with Crippen molar-refractivity contribution < 1.29 is 30.0 Å². The van der Waals surface area contributed by atoms with Gasteiger partial charge in [-0.3, -0.25) is 0 Å². The minimum atomic E-state index is -2.27. The molecule has 0 saturated heterocycles. The Labute approximate surface area is 95.2 Å². The van der Waals surface area contributed by atoms with Crippen LogP contribution in [0, 0.1) is 0 Å². The third-order valence-corrected chi connectivity index (χ3v) is 1.61. The highest BCUT2D eigenvalue weighted by molar-refractivity contribution is 7.80. The molecule has 0 aromatic heterocycles. The number of nitrogens with one attached hydrogen (secondary N) is 1. The van der Waals surface area contributed by atoms with Crippen molar-refractivity contribution in [1.29, 1.82) is 0 Å². The average molecular weight is 250 g/mol. The Balaban J connectivity index is 0.000000315. The van der Waals surface area contributed by atoms with E-state index in [-0.39, 0.29) is 0 Å². The molecule has 5 N–H and O–H groups in total. The van der Waals surface area contributed by atoms with Crippen molar-refractivity contribution in [3.63, 3.8) is 0 Å². The largest absolute Gasteiger partial charge is 0.479 e. The van der Waals surface area contributed by atoms with Gasteiger partial charge in [-0.15, -0.1) is 0 Å². The first-order valence-electron chi connectivity index (χ1n) is 3.98. The van der Waals surface area contributed by atoms with E-state index in [2.05, 4.69) is 22.5 Å². The zero-order valence-electron chi connectivity index (χ0n) is 7.90. The molecule has 1 aliphatic rings. The Morgan fingerprint density at radius 3 is 1.88 bits per heavy atom. The predicted molar refractivity (Wildman–Crippen MR) is 56.4 cm³/mol. The summed E-state index contributed by atoms with van der Waals surface area (Å²) in [6.07, 6.45) is -2.78.